The minimum Gasteiger partial charge on any atom is -0.308 e. The summed E-state index contributed by atoms with van der Waals surface area (Å²) in [6.45, 7) is 7.60. The maximum Gasteiger partial charge on any atom is 0.346 e. The fraction of sp³-hybridized carbons (Fsp3) is 0.625. The van der Waals surface area contributed by atoms with Crippen LogP contribution in [0.1, 0.15) is 33.3 Å². The van der Waals surface area contributed by atoms with E-state index >= 15 is 0 Å². The van der Waals surface area contributed by atoms with E-state index in [1.807, 2.05) is 30.3 Å². The summed E-state index contributed by atoms with van der Waals surface area (Å²) in [5.74, 6) is 0. The molecule has 1 aromatic rings. The van der Waals surface area contributed by atoms with Gasteiger partial charge >= 0.3 is 15.2 Å². The number of hydrogen-bond acceptors (Lipinski definition) is 6. The zero-order valence-electron chi connectivity index (χ0n) is 14.8. The summed E-state index contributed by atoms with van der Waals surface area (Å²) < 4.78 is 48.5. The summed E-state index contributed by atoms with van der Waals surface area (Å²) in [7, 11) is -7.38. The van der Waals surface area contributed by atoms with Crippen LogP contribution in [0.2, 0.25) is 0 Å². The van der Waals surface area contributed by atoms with Crippen molar-refractivity contribution in [1.29, 1.82) is 0 Å². The lowest BCUT2D eigenvalue weighted by Gasteiger charge is -2.31. The highest BCUT2D eigenvalue weighted by atomic mass is 31.2. The van der Waals surface area contributed by atoms with Gasteiger partial charge in [-0.25, -0.2) is 0 Å². The van der Waals surface area contributed by atoms with Crippen LogP contribution in [0, 0.1) is 0 Å². The predicted molar refractivity (Wildman–Crippen MR) is 95.7 cm³/mol. The van der Waals surface area contributed by atoms with E-state index in [0.29, 0.717) is 0 Å². The van der Waals surface area contributed by atoms with Gasteiger partial charge in [-0.05, 0) is 39.7 Å². The van der Waals surface area contributed by atoms with E-state index in [2.05, 4.69) is 0 Å². The van der Waals surface area contributed by atoms with Gasteiger partial charge in [0.1, 0.15) is 0 Å². The molecule has 0 aliphatic rings. The zero-order chi connectivity index (χ0) is 18.1. The fourth-order valence-electron chi connectivity index (χ4n) is 2.36. The van der Waals surface area contributed by atoms with Crippen molar-refractivity contribution >= 4 is 15.2 Å². The van der Waals surface area contributed by atoms with Crippen LogP contribution in [0.4, 0.5) is 0 Å². The Bertz CT molecular complexity index is 513. The van der Waals surface area contributed by atoms with Crippen LogP contribution in [0.15, 0.2) is 30.3 Å². The van der Waals surface area contributed by atoms with Crippen LogP contribution in [0.3, 0.4) is 0 Å². The number of benzene rings is 1. The molecule has 1 rings (SSSR count). The molecule has 0 fully saturated rings. The van der Waals surface area contributed by atoms with Gasteiger partial charge in [0.05, 0.1) is 26.4 Å². The van der Waals surface area contributed by atoms with Crippen molar-refractivity contribution in [2.75, 3.05) is 26.4 Å². The van der Waals surface area contributed by atoms with Gasteiger partial charge in [-0.15, -0.1) is 0 Å². The molecule has 0 spiro atoms. The second-order valence-electron chi connectivity index (χ2n) is 4.92. The molecule has 0 radical (unpaired) electrons. The van der Waals surface area contributed by atoms with Crippen LogP contribution < -0.4 is 0 Å². The molecule has 138 valence electrons. The summed E-state index contributed by atoms with van der Waals surface area (Å²) in [6.07, 6.45) is 0.218. The molecule has 0 aromatic heterocycles. The van der Waals surface area contributed by atoms with Crippen molar-refractivity contribution in [3.05, 3.63) is 35.9 Å². The molecule has 24 heavy (non-hydrogen) atoms. The lowest BCUT2D eigenvalue weighted by atomic mass is 10.2. The van der Waals surface area contributed by atoms with Crippen molar-refractivity contribution < 1.29 is 27.2 Å². The van der Waals surface area contributed by atoms with Gasteiger partial charge in [0.15, 0.2) is 5.40 Å². The number of hydrogen-bond donors (Lipinski definition) is 0. The van der Waals surface area contributed by atoms with Gasteiger partial charge < -0.3 is 18.1 Å². The smallest absolute Gasteiger partial charge is 0.308 e. The van der Waals surface area contributed by atoms with Crippen molar-refractivity contribution in [3.8, 4) is 0 Å². The summed E-state index contributed by atoms with van der Waals surface area (Å²) >= 11 is 0. The van der Waals surface area contributed by atoms with Crippen molar-refractivity contribution in [2.24, 2.45) is 0 Å². The van der Waals surface area contributed by atoms with E-state index in [9.17, 15) is 9.13 Å². The molecule has 0 amide bonds. The Morgan fingerprint density at radius 2 is 1.12 bits per heavy atom. The van der Waals surface area contributed by atoms with Crippen LogP contribution in [-0.2, 0) is 33.6 Å². The molecule has 0 saturated carbocycles. The van der Waals surface area contributed by atoms with E-state index in [0.717, 1.165) is 5.56 Å². The van der Waals surface area contributed by atoms with Crippen LogP contribution in [0.25, 0.3) is 0 Å². The average Bonchev–Trinajstić information content (AvgIpc) is 2.54. The van der Waals surface area contributed by atoms with Crippen molar-refractivity contribution in [3.63, 3.8) is 0 Å². The molecule has 8 heteroatoms. The molecule has 6 nitrogen and oxygen atoms in total. The van der Waals surface area contributed by atoms with E-state index in [1.54, 1.807) is 27.7 Å². The number of rotatable bonds is 12. The lowest BCUT2D eigenvalue weighted by molar-refractivity contribution is 0.195. The minimum atomic E-state index is -3.69. The highest BCUT2D eigenvalue weighted by Crippen LogP contribution is 2.71. The van der Waals surface area contributed by atoms with Crippen LogP contribution in [-0.4, -0.2) is 31.8 Å². The Morgan fingerprint density at radius 3 is 1.46 bits per heavy atom. The molecule has 0 heterocycles. The second kappa shape index (κ2) is 10.5. The minimum absolute atomic E-state index is 0.181. The SMILES string of the molecule is CCOP(=O)(OCC)C(Cc1ccccc1)P(=O)(OCC)OCC. The average molecular weight is 378 g/mol. The Hall–Kier alpha value is -0.480. The van der Waals surface area contributed by atoms with Gasteiger partial charge in [0.2, 0.25) is 0 Å². The summed E-state index contributed by atoms with van der Waals surface area (Å²) in [6, 6.07) is 9.36. The van der Waals surface area contributed by atoms with Crippen LogP contribution in [0.5, 0.6) is 0 Å². The molecule has 0 aliphatic carbocycles. The monoisotopic (exact) mass is 378 g/mol. The molecule has 1 aromatic carbocycles. The summed E-state index contributed by atoms with van der Waals surface area (Å²) in [5.41, 5.74) is 0.863. The largest absolute Gasteiger partial charge is 0.346 e. The summed E-state index contributed by atoms with van der Waals surface area (Å²) in [4.78, 5) is 0. The summed E-state index contributed by atoms with van der Waals surface area (Å²) in [5, 5.41) is -1.01. The third kappa shape index (κ3) is 5.80. The van der Waals surface area contributed by atoms with Crippen molar-refractivity contribution in [1.82, 2.24) is 0 Å². The fourth-order valence-corrected chi connectivity index (χ4v) is 7.69. The predicted octanol–water partition coefficient (Wildman–Crippen LogP) is 5.09. The first kappa shape index (κ1) is 21.6. The Balaban J connectivity index is 3.32. The second-order valence-corrected chi connectivity index (χ2v) is 9.77. The molecule has 0 saturated heterocycles. The highest BCUT2D eigenvalue weighted by molar-refractivity contribution is 7.72. The van der Waals surface area contributed by atoms with E-state index in [4.69, 9.17) is 18.1 Å². The molecule has 0 atom stereocenters. The Morgan fingerprint density at radius 1 is 0.750 bits per heavy atom. The third-order valence-corrected chi connectivity index (χ3v) is 9.22. The van der Waals surface area contributed by atoms with Gasteiger partial charge in [-0.3, -0.25) is 9.13 Å². The van der Waals surface area contributed by atoms with Crippen LogP contribution >= 0.6 is 15.2 Å². The quantitative estimate of drug-likeness (QED) is 0.472. The van der Waals surface area contributed by atoms with Crippen molar-refractivity contribution in [2.45, 2.75) is 39.5 Å². The van der Waals surface area contributed by atoms with Gasteiger partial charge in [-0.2, -0.15) is 0 Å². The molecule has 0 unspecified atom stereocenters. The molecule has 0 bridgehead atoms. The lowest BCUT2D eigenvalue weighted by Crippen LogP contribution is -2.20. The van der Waals surface area contributed by atoms with Gasteiger partial charge in [0.25, 0.3) is 0 Å². The van der Waals surface area contributed by atoms with E-state index in [1.165, 1.54) is 0 Å². The van der Waals surface area contributed by atoms with E-state index < -0.39 is 20.6 Å². The molecular formula is C16H28O6P2. The normalized spacial score (nSPS) is 12.7. The van der Waals surface area contributed by atoms with E-state index in [-0.39, 0.29) is 32.8 Å². The zero-order valence-corrected chi connectivity index (χ0v) is 16.6. The molecular weight excluding hydrogens is 350 g/mol. The Kier molecular flexibility index (Phi) is 9.43. The first-order valence-electron chi connectivity index (χ1n) is 8.27. The maximum atomic E-state index is 13.3. The first-order valence-corrected chi connectivity index (χ1v) is 11.5. The topological polar surface area (TPSA) is 71.1 Å². The first-order chi connectivity index (χ1) is 11.5. The molecule has 0 aliphatic heterocycles. The molecule has 0 N–H and O–H groups in total. The third-order valence-electron chi connectivity index (χ3n) is 3.23. The van der Waals surface area contributed by atoms with Gasteiger partial charge in [-0.1, -0.05) is 30.3 Å². The van der Waals surface area contributed by atoms with Gasteiger partial charge in [0, 0.05) is 0 Å². The maximum absolute atomic E-state index is 13.3. The standard InChI is InChI=1S/C16H28O6P2/c1-5-19-23(17,20-6-2)16(14-15-12-10-9-11-13-15)24(18,21-7-3)22-8-4/h9-13,16H,5-8,14H2,1-4H3. The Labute approximate surface area is 144 Å². The highest BCUT2D eigenvalue weighted by Gasteiger charge is 2.50.